The Balaban J connectivity index is 1.41. The van der Waals surface area contributed by atoms with Crippen molar-refractivity contribution >= 4 is 11.7 Å². The average molecular weight is 399 g/mol. The van der Waals surface area contributed by atoms with Crippen LogP contribution in [-0.2, 0) is 17.8 Å². The number of ether oxygens (including phenoxy) is 1. The number of Topliss-reactive ketones (excluding diaryl/α,β-unsaturated/α-hetero) is 1. The Hall–Kier alpha value is -3.40. The zero-order chi connectivity index (χ0) is 20.9. The Bertz CT molecular complexity index is 1030. The summed E-state index contributed by atoms with van der Waals surface area (Å²) in [7, 11) is 0. The molecule has 0 spiro atoms. The zero-order valence-corrected chi connectivity index (χ0v) is 17.0. The maximum atomic E-state index is 13.0. The highest BCUT2D eigenvalue weighted by atomic mass is 16.5. The molecule has 3 aromatic carbocycles. The molecule has 30 heavy (non-hydrogen) atoms. The van der Waals surface area contributed by atoms with E-state index in [1.165, 1.54) is 0 Å². The molecule has 0 bridgehead atoms. The minimum atomic E-state index is -0.639. The van der Waals surface area contributed by atoms with Gasteiger partial charge in [0.25, 0.3) is 0 Å². The number of hydrogen-bond donors (Lipinski definition) is 1. The van der Waals surface area contributed by atoms with Gasteiger partial charge in [0.05, 0.1) is 6.04 Å². The van der Waals surface area contributed by atoms with E-state index in [1.807, 2.05) is 79.7 Å². The summed E-state index contributed by atoms with van der Waals surface area (Å²) < 4.78 is 5.88. The Morgan fingerprint density at radius 1 is 1.03 bits per heavy atom. The van der Waals surface area contributed by atoms with Crippen molar-refractivity contribution < 1.29 is 14.3 Å². The van der Waals surface area contributed by atoms with Gasteiger partial charge >= 0.3 is 0 Å². The molecule has 0 fully saturated rings. The number of nitrogens with one attached hydrogen (secondary N) is 1. The van der Waals surface area contributed by atoms with Gasteiger partial charge in [-0.15, -0.1) is 0 Å². The highest BCUT2D eigenvalue weighted by Crippen LogP contribution is 2.29. The van der Waals surface area contributed by atoms with Crippen molar-refractivity contribution in [3.63, 3.8) is 0 Å². The molecule has 152 valence electrons. The maximum absolute atomic E-state index is 13.0. The number of aryl methyl sites for hydroxylation is 1. The van der Waals surface area contributed by atoms with Crippen LogP contribution in [0.4, 0.5) is 0 Å². The summed E-state index contributed by atoms with van der Waals surface area (Å²) in [4.78, 5) is 25.7. The lowest BCUT2D eigenvalue weighted by atomic mass is 9.82. The van der Waals surface area contributed by atoms with Gasteiger partial charge < -0.3 is 10.1 Å². The smallest absolute Gasteiger partial charge is 0.231 e. The number of fused-ring (bicyclic) bond motifs is 1. The molecular weight excluding hydrogens is 374 g/mol. The van der Waals surface area contributed by atoms with Crippen LogP contribution in [0.1, 0.15) is 46.4 Å². The van der Waals surface area contributed by atoms with Crippen LogP contribution < -0.4 is 10.1 Å². The van der Waals surface area contributed by atoms with E-state index in [9.17, 15) is 9.59 Å². The van der Waals surface area contributed by atoms with Gasteiger partial charge in [-0.1, -0.05) is 60.7 Å². The lowest BCUT2D eigenvalue weighted by molar-refractivity contribution is -0.124. The second-order valence-corrected chi connectivity index (χ2v) is 7.69. The number of ketones is 1. The fourth-order valence-corrected chi connectivity index (χ4v) is 3.86. The van der Waals surface area contributed by atoms with Gasteiger partial charge in [0.2, 0.25) is 5.91 Å². The first-order valence-corrected chi connectivity index (χ1v) is 10.3. The Labute approximate surface area is 176 Å². The number of carbonyl (C=O) groups is 2. The number of rotatable bonds is 6. The second kappa shape index (κ2) is 8.95. The van der Waals surface area contributed by atoms with Crippen molar-refractivity contribution in [1.82, 2.24) is 5.32 Å². The zero-order valence-electron chi connectivity index (χ0n) is 17.0. The van der Waals surface area contributed by atoms with Crippen molar-refractivity contribution in [2.75, 3.05) is 0 Å². The molecule has 1 aliphatic rings. The van der Waals surface area contributed by atoms with E-state index < -0.39 is 5.92 Å². The predicted molar refractivity (Wildman–Crippen MR) is 116 cm³/mol. The molecule has 3 aromatic rings. The predicted octanol–water partition coefficient (Wildman–Crippen LogP) is 4.89. The van der Waals surface area contributed by atoms with E-state index in [-0.39, 0.29) is 17.7 Å². The van der Waals surface area contributed by atoms with Gasteiger partial charge in [-0.3, -0.25) is 9.59 Å². The molecule has 4 heteroatoms. The first kappa shape index (κ1) is 19.9. The van der Waals surface area contributed by atoms with Crippen molar-refractivity contribution in [3.05, 3.63) is 101 Å². The highest BCUT2D eigenvalue weighted by Gasteiger charge is 2.33. The largest absolute Gasteiger partial charge is 0.489 e. The van der Waals surface area contributed by atoms with Crippen molar-refractivity contribution in [2.45, 2.75) is 32.4 Å². The van der Waals surface area contributed by atoms with E-state index in [0.29, 0.717) is 25.0 Å². The van der Waals surface area contributed by atoms with Crippen LogP contribution in [0.2, 0.25) is 0 Å². The quantitative estimate of drug-likeness (QED) is 0.601. The molecular formula is C26H25NO3. The number of benzene rings is 3. The monoisotopic (exact) mass is 399 g/mol. The van der Waals surface area contributed by atoms with Crippen molar-refractivity contribution in [2.24, 2.45) is 5.92 Å². The third kappa shape index (κ3) is 4.43. The standard InChI is InChI=1S/C26H25NO3/c1-18(20-10-6-3-7-11-20)27-26(29)24-14-12-21-16-22(13-15-23(21)25(24)28)30-17-19-8-4-2-5-9-19/h2-11,13,15-16,18,24H,12,14,17H2,1H3,(H,27,29)/t18-,24?/m0/s1. The minimum absolute atomic E-state index is 0.108. The summed E-state index contributed by atoms with van der Waals surface area (Å²) in [5.74, 6) is -0.208. The fraction of sp³-hybridized carbons (Fsp3) is 0.231. The van der Waals surface area contributed by atoms with Crippen molar-refractivity contribution in [1.29, 1.82) is 0 Å². The molecule has 0 aliphatic heterocycles. The van der Waals surface area contributed by atoms with Crippen LogP contribution >= 0.6 is 0 Å². The number of carbonyl (C=O) groups excluding carboxylic acids is 2. The van der Waals surface area contributed by atoms with E-state index in [2.05, 4.69) is 5.32 Å². The molecule has 1 N–H and O–H groups in total. The third-order valence-corrected chi connectivity index (χ3v) is 5.58. The molecule has 1 amide bonds. The highest BCUT2D eigenvalue weighted by molar-refractivity contribution is 6.11. The molecule has 2 atom stereocenters. The molecule has 0 saturated heterocycles. The molecule has 0 saturated carbocycles. The van der Waals surface area contributed by atoms with E-state index in [4.69, 9.17) is 4.74 Å². The van der Waals surface area contributed by atoms with Gasteiger partial charge in [0, 0.05) is 5.56 Å². The fourth-order valence-electron chi connectivity index (χ4n) is 3.86. The first-order chi connectivity index (χ1) is 14.6. The van der Waals surface area contributed by atoms with Crippen LogP contribution in [0.3, 0.4) is 0 Å². The topological polar surface area (TPSA) is 55.4 Å². The van der Waals surface area contributed by atoms with Gasteiger partial charge in [-0.2, -0.15) is 0 Å². The summed E-state index contributed by atoms with van der Waals surface area (Å²) in [6.07, 6.45) is 1.20. The summed E-state index contributed by atoms with van der Waals surface area (Å²) in [5.41, 5.74) is 3.69. The molecule has 0 aromatic heterocycles. The Morgan fingerprint density at radius 3 is 2.47 bits per heavy atom. The number of amides is 1. The summed E-state index contributed by atoms with van der Waals surface area (Å²) in [5, 5.41) is 2.99. The summed E-state index contributed by atoms with van der Waals surface area (Å²) in [6, 6.07) is 25.1. The van der Waals surface area contributed by atoms with Crippen LogP contribution in [0.15, 0.2) is 78.9 Å². The SMILES string of the molecule is C[C@H](NC(=O)C1CCc2cc(OCc3ccccc3)ccc2C1=O)c1ccccc1. The number of hydrogen-bond acceptors (Lipinski definition) is 3. The second-order valence-electron chi connectivity index (χ2n) is 7.69. The molecule has 4 rings (SSSR count). The molecule has 1 aliphatic carbocycles. The normalized spacial score (nSPS) is 16.4. The molecule has 1 unspecified atom stereocenters. The lowest BCUT2D eigenvalue weighted by Gasteiger charge is -2.25. The Morgan fingerprint density at radius 2 is 1.73 bits per heavy atom. The molecule has 4 nitrogen and oxygen atoms in total. The van der Waals surface area contributed by atoms with Crippen LogP contribution in [0.5, 0.6) is 5.75 Å². The van der Waals surface area contributed by atoms with Crippen LogP contribution in [0.25, 0.3) is 0 Å². The van der Waals surface area contributed by atoms with Gasteiger partial charge in [-0.05, 0) is 54.7 Å². The molecule has 0 radical (unpaired) electrons. The minimum Gasteiger partial charge on any atom is -0.489 e. The van der Waals surface area contributed by atoms with Gasteiger partial charge in [-0.25, -0.2) is 0 Å². The lowest BCUT2D eigenvalue weighted by Crippen LogP contribution is -2.39. The average Bonchev–Trinajstić information content (AvgIpc) is 2.79. The van der Waals surface area contributed by atoms with E-state index >= 15 is 0 Å². The molecule has 0 heterocycles. The first-order valence-electron chi connectivity index (χ1n) is 10.3. The third-order valence-electron chi connectivity index (χ3n) is 5.58. The summed E-state index contributed by atoms with van der Waals surface area (Å²) in [6.45, 7) is 2.42. The van der Waals surface area contributed by atoms with Gasteiger partial charge in [0.15, 0.2) is 5.78 Å². The van der Waals surface area contributed by atoms with E-state index in [1.54, 1.807) is 6.07 Å². The van der Waals surface area contributed by atoms with Crippen molar-refractivity contribution in [3.8, 4) is 5.75 Å². The maximum Gasteiger partial charge on any atom is 0.231 e. The van der Waals surface area contributed by atoms with E-state index in [0.717, 1.165) is 22.4 Å². The summed E-state index contributed by atoms with van der Waals surface area (Å²) >= 11 is 0. The Kier molecular flexibility index (Phi) is 5.94. The van der Waals surface area contributed by atoms with Crippen LogP contribution in [-0.4, -0.2) is 11.7 Å². The van der Waals surface area contributed by atoms with Crippen LogP contribution in [0, 0.1) is 5.92 Å². The van der Waals surface area contributed by atoms with Gasteiger partial charge in [0.1, 0.15) is 18.3 Å².